The Labute approximate surface area is 182 Å². The fraction of sp³-hybridized carbons (Fsp3) is 0.238. The first-order chi connectivity index (χ1) is 14.1. The molecule has 1 heterocycles. The van der Waals surface area contributed by atoms with Crippen LogP contribution in [0.15, 0.2) is 48.7 Å². The number of alkyl halides is 3. The number of hydrogen-bond acceptors (Lipinski definition) is 5. The van der Waals surface area contributed by atoms with Crippen LogP contribution in [0.4, 0.5) is 28.9 Å². The number of esters is 1. The highest BCUT2D eigenvalue weighted by Gasteiger charge is 2.30. The standard InChI is InChI=1S/C21H19F4N3O2.ClH/c1-28(2)9-10-30-20(29)16-12-14(22)4-6-17(16)27-18-7-8-26-19-11-13(21(23,24)25)3-5-15(18)19;/h3-8,11-12H,9-10H2,1-2H3,(H,26,27);1H. The molecule has 0 aliphatic rings. The molecule has 0 amide bonds. The highest BCUT2D eigenvalue weighted by Crippen LogP contribution is 2.33. The lowest BCUT2D eigenvalue weighted by molar-refractivity contribution is -0.137. The van der Waals surface area contributed by atoms with Crippen LogP contribution >= 0.6 is 12.4 Å². The van der Waals surface area contributed by atoms with Crippen LogP contribution < -0.4 is 5.32 Å². The van der Waals surface area contributed by atoms with Crippen molar-refractivity contribution in [3.63, 3.8) is 0 Å². The van der Waals surface area contributed by atoms with Crippen LogP contribution in [0.2, 0.25) is 0 Å². The number of benzene rings is 2. The van der Waals surface area contributed by atoms with Crippen molar-refractivity contribution in [3.05, 3.63) is 65.6 Å². The quantitative estimate of drug-likeness (QED) is 0.403. The number of hydrogen-bond donors (Lipinski definition) is 1. The third-order valence-electron chi connectivity index (χ3n) is 4.31. The average Bonchev–Trinajstić information content (AvgIpc) is 2.68. The van der Waals surface area contributed by atoms with Crippen LogP contribution in [-0.4, -0.2) is 43.1 Å². The number of fused-ring (bicyclic) bond motifs is 1. The van der Waals surface area contributed by atoms with Gasteiger partial charge in [0.25, 0.3) is 0 Å². The van der Waals surface area contributed by atoms with Crippen molar-refractivity contribution in [1.82, 2.24) is 9.88 Å². The Morgan fingerprint density at radius 2 is 1.84 bits per heavy atom. The zero-order valence-electron chi connectivity index (χ0n) is 16.7. The van der Waals surface area contributed by atoms with Crippen LogP contribution in [0.3, 0.4) is 0 Å². The van der Waals surface area contributed by atoms with E-state index >= 15 is 0 Å². The van der Waals surface area contributed by atoms with Gasteiger partial charge in [0.2, 0.25) is 0 Å². The highest BCUT2D eigenvalue weighted by molar-refractivity contribution is 5.99. The Morgan fingerprint density at radius 3 is 2.52 bits per heavy atom. The number of nitrogens with zero attached hydrogens (tertiary/aromatic N) is 2. The summed E-state index contributed by atoms with van der Waals surface area (Å²) in [6.45, 7) is 0.626. The lowest BCUT2D eigenvalue weighted by Crippen LogP contribution is -2.20. The minimum atomic E-state index is -4.49. The largest absolute Gasteiger partial charge is 0.461 e. The zero-order valence-corrected chi connectivity index (χ0v) is 17.5. The Bertz CT molecular complexity index is 1070. The smallest absolute Gasteiger partial charge is 0.416 e. The Kier molecular flexibility index (Phi) is 7.80. The molecule has 0 spiro atoms. The van der Waals surface area contributed by atoms with Gasteiger partial charge in [0.05, 0.1) is 22.3 Å². The number of rotatable bonds is 6. The van der Waals surface area contributed by atoms with E-state index in [0.29, 0.717) is 17.6 Å². The minimum Gasteiger partial charge on any atom is -0.461 e. The summed E-state index contributed by atoms with van der Waals surface area (Å²) in [4.78, 5) is 18.2. The molecule has 31 heavy (non-hydrogen) atoms. The molecule has 0 fully saturated rings. The van der Waals surface area contributed by atoms with Gasteiger partial charge in [0.1, 0.15) is 12.4 Å². The molecule has 0 saturated heterocycles. The molecule has 0 bridgehead atoms. The number of anilines is 2. The van der Waals surface area contributed by atoms with Gasteiger partial charge in [0, 0.05) is 23.8 Å². The number of nitrogens with one attached hydrogen (secondary N) is 1. The van der Waals surface area contributed by atoms with Gasteiger partial charge in [-0.05, 0) is 50.5 Å². The van der Waals surface area contributed by atoms with Gasteiger partial charge in [-0.25, -0.2) is 9.18 Å². The van der Waals surface area contributed by atoms with E-state index in [2.05, 4.69) is 10.3 Å². The second kappa shape index (κ2) is 9.93. The Hall–Kier alpha value is -2.91. The maximum atomic E-state index is 13.7. The Morgan fingerprint density at radius 1 is 1.10 bits per heavy atom. The van der Waals surface area contributed by atoms with E-state index in [9.17, 15) is 22.4 Å². The van der Waals surface area contributed by atoms with Gasteiger partial charge < -0.3 is 15.0 Å². The summed E-state index contributed by atoms with van der Waals surface area (Å²) >= 11 is 0. The third kappa shape index (κ3) is 6.05. The predicted octanol–water partition coefficient (Wildman–Crippen LogP) is 5.28. The summed E-state index contributed by atoms with van der Waals surface area (Å²) < 4.78 is 57.8. The maximum Gasteiger partial charge on any atom is 0.416 e. The van der Waals surface area contributed by atoms with Crippen molar-refractivity contribution in [3.8, 4) is 0 Å². The monoisotopic (exact) mass is 457 g/mol. The molecule has 10 heteroatoms. The van der Waals surface area contributed by atoms with E-state index < -0.39 is 23.5 Å². The number of likely N-dealkylation sites (N-methyl/N-ethyl adjacent to an activating group) is 1. The number of carbonyl (C=O) groups is 1. The molecule has 3 aromatic rings. The van der Waals surface area contributed by atoms with Gasteiger partial charge >= 0.3 is 12.1 Å². The van der Waals surface area contributed by atoms with Crippen molar-refractivity contribution in [2.75, 3.05) is 32.6 Å². The fourth-order valence-corrected chi connectivity index (χ4v) is 2.77. The van der Waals surface area contributed by atoms with Gasteiger partial charge in [-0.1, -0.05) is 6.07 Å². The molecule has 0 atom stereocenters. The number of carbonyl (C=O) groups excluding carboxylic acids is 1. The van der Waals surface area contributed by atoms with Crippen molar-refractivity contribution >= 4 is 40.7 Å². The normalized spacial score (nSPS) is 11.3. The number of halogens is 5. The topological polar surface area (TPSA) is 54.5 Å². The molecule has 3 rings (SSSR count). The van der Waals surface area contributed by atoms with Crippen LogP contribution in [0.5, 0.6) is 0 Å². The summed E-state index contributed by atoms with van der Waals surface area (Å²) in [6, 6.07) is 8.34. The summed E-state index contributed by atoms with van der Waals surface area (Å²) in [5.74, 6) is -1.33. The second-order valence-corrected chi connectivity index (χ2v) is 6.84. The summed E-state index contributed by atoms with van der Waals surface area (Å²) in [6.07, 6.45) is -3.14. The summed E-state index contributed by atoms with van der Waals surface area (Å²) in [5.41, 5.74) is -0.0226. The molecule has 0 unspecified atom stereocenters. The zero-order chi connectivity index (χ0) is 21.9. The van der Waals surface area contributed by atoms with Gasteiger partial charge in [-0.15, -0.1) is 12.4 Å². The van der Waals surface area contributed by atoms with E-state index in [1.165, 1.54) is 24.4 Å². The number of pyridine rings is 1. The first-order valence-electron chi connectivity index (χ1n) is 8.99. The molecule has 166 valence electrons. The molecule has 1 N–H and O–H groups in total. The molecule has 0 aliphatic heterocycles. The molecular weight excluding hydrogens is 438 g/mol. The molecule has 0 radical (unpaired) electrons. The van der Waals surface area contributed by atoms with Gasteiger partial charge in [0.15, 0.2) is 0 Å². The molecule has 2 aromatic carbocycles. The lowest BCUT2D eigenvalue weighted by atomic mass is 10.1. The molecule has 1 aromatic heterocycles. The third-order valence-corrected chi connectivity index (χ3v) is 4.31. The summed E-state index contributed by atoms with van der Waals surface area (Å²) in [5, 5.41) is 3.40. The van der Waals surface area contributed by atoms with Crippen LogP contribution in [0.1, 0.15) is 15.9 Å². The first kappa shape index (κ1) is 24.4. The van der Waals surface area contributed by atoms with E-state index in [1.807, 2.05) is 19.0 Å². The number of ether oxygens (including phenoxy) is 1. The summed E-state index contributed by atoms with van der Waals surface area (Å²) in [7, 11) is 3.64. The van der Waals surface area contributed by atoms with E-state index in [-0.39, 0.29) is 35.8 Å². The van der Waals surface area contributed by atoms with Crippen LogP contribution in [0.25, 0.3) is 10.9 Å². The second-order valence-electron chi connectivity index (χ2n) is 6.84. The van der Waals surface area contributed by atoms with E-state index in [0.717, 1.165) is 18.2 Å². The highest BCUT2D eigenvalue weighted by atomic mass is 35.5. The molecular formula is C21H20ClF4N3O2. The SMILES string of the molecule is CN(C)CCOC(=O)c1cc(F)ccc1Nc1ccnc2cc(C(F)(F)F)ccc12.Cl. The van der Waals surface area contributed by atoms with Crippen molar-refractivity contribution < 1.29 is 27.1 Å². The lowest BCUT2D eigenvalue weighted by Gasteiger charge is -2.15. The Balaban J connectivity index is 0.00000341. The molecule has 0 saturated carbocycles. The van der Waals surface area contributed by atoms with Crippen LogP contribution in [0, 0.1) is 5.82 Å². The predicted molar refractivity (Wildman–Crippen MR) is 113 cm³/mol. The average molecular weight is 458 g/mol. The van der Waals surface area contributed by atoms with Gasteiger partial charge in [-0.3, -0.25) is 4.98 Å². The van der Waals surface area contributed by atoms with E-state index in [4.69, 9.17) is 4.74 Å². The van der Waals surface area contributed by atoms with E-state index in [1.54, 1.807) is 6.07 Å². The van der Waals surface area contributed by atoms with Crippen LogP contribution in [-0.2, 0) is 10.9 Å². The van der Waals surface area contributed by atoms with Crippen molar-refractivity contribution in [2.45, 2.75) is 6.18 Å². The van der Waals surface area contributed by atoms with Crippen molar-refractivity contribution in [1.29, 1.82) is 0 Å². The van der Waals surface area contributed by atoms with Gasteiger partial charge in [-0.2, -0.15) is 13.2 Å². The molecule has 5 nitrogen and oxygen atoms in total. The minimum absolute atomic E-state index is 0. The first-order valence-corrected chi connectivity index (χ1v) is 8.99. The van der Waals surface area contributed by atoms with Crippen molar-refractivity contribution in [2.24, 2.45) is 0 Å². The molecule has 0 aliphatic carbocycles. The maximum absolute atomic E-state index is 13.7. The number of aromatic nitrogens is 1. The fourth-order valence-electron chi connectivity index (χ4n) is 2.77.